The fraction of sp³-hybridized carbons (Fsp3) is 0.312. The minimum atomic E-state index is -0.331. The number of aryl methyl sites for hydroxylation is 1. The fourth-order valence-electron chi connectivity index (χ4n) is 2.70. The summed E-state index contributed by atoms with van der Waals surface area (Å²) in [5.74, 6) is -0.0308. The lowest BCUT2D eigenvalue weighted by atomic mass is 10.1. The number of halogens is 1. The van der Waals surface area contributed by atoms with Gasteiger partial charge in [0, 0.05) is 0 Å². The summed E-state index contributed by atoms with van der Waals surface area (Å²) >= 11 is 0. The van der Waals surface area contributed by atoms with E-state index >= 15 is 0 Å². The number of fused-ring (bicyclic) bond motifs is 1. The molecule has 0 saturated carbocycles. The number of aromatic nitrogens is 4. The van der Waals surface area contributed by atoms with E-state index in [0.29, 0.717) is 18.8 Å². The summed E-state index contributed by atoms with van der Waals surface area (Å²) < 4.78 is 21.0. The van der Waals surface area contributed by atoms with Gasteiger partial charge >= 0.3 is 0 Å². The number of anilines is 1. The Morgan fingerprint density at radius 2 is 2.13 bits per heavy atom. The highest BCUT2D eigenvalue weighted by molar-refractivity contribution is 5.69. The first kappa shape index (κ1) is 13.9. The van der Waals surface area contributed by atoms with Gasteiger partial charge in [-0.3, -0.25) is 0 Å². The Kier molecular flexibility index (Phi) is 3.33. The number of hydrogen-bond donors (Lipinski definition) is 0. The zero-order valence-electron chi connectivity index (χ0n) is 12.7. The maximum absolute atomic E-state index is 13.6. The standard InChI is InChI=1S/C16H16FN5O/c1-2-11-7-14(16-19-18-10-22(16)20-11)21-8-12(9-21)23-15-6-4-3-5-13(15)17/h3-7,10,12H,2,8-9H2,1H3. The zero-order chi connectivity index (χ0) is 15.8. The minimum Gasteiger partial charge on any atom is -0.484 e. The quantitative estimate of drug-likeness (QED) is 0.738. The van der Waals surface area contributed by atoms with Crippen LogP contribution in [0.15, 0.2) is 36.7 Å². The van der Waals surface area contributed by atoms with Crippen LogP contribution in [-0.2, 0) is 6.42 Å². The van der Waals surface area contributed by atoms with Crippen LogP contribution in [0.1, 0.15) is 12.6 Å². The summed E-state index contributed by atoms with van der Waals surface area (Å²) in [4.78, 5) is 2.15. The molecule has 1 aliphatic rings. The molecule has 6 nitrogen and oxygen atoms in total. The molecule has 0 unspecified atom stereocenters. The number of ether oxygens (including phenoxy) is 1. The Bertz CT molecular complexity index is 843. The third-order valence-corrected chi connectivity index (χ3v) is 3.98. The van der Waals surface area contributed by atoms with Crippen molar-refractivity contribution in [3.63, 3.8) is 0 Å². The molecule has 1 aliphatic heterocycles. The Balaban J connectivity index is 1.52. The summed E-state index contributed by atoms with van der Waals surface area (Å²) in [6.07, 6.45) is 2.41. The number of para-hydroxylation sites is 1. The van der Waals surface area contributed by atoms with E-state index < -0.39 is 0 Å². The van der Waals surface area contributed by atoms with Crippen LogP contribution in [-0.4, -0.2) is 39.0 Å². The van der Waals surface area contributed by atoms with Gasteiger partial charge in [-0.15, -0.1) is 10.2 Å². The first-order valence-corrected chi connectivity index (χ1v) is 7.60. The van der Waals surface area contributed by atoms with Crippen LogP contribution in [0.5, 0.6) is 5.75 Å². The molecule has 23 heavy (non-hydrogen) atoms. The highest BCUT2D eigenvalue weighted by Gasteiger charge is 2.31. The van der Waals surface area contributed by atoms with E-state index in [1.54, 1.807) is 29.0 Å². The van der Waals surface area contributed by atoms with Crippen LogP contribution in [0.25, 0.3) is 5.65 Å². The first-order valence-electron chi connectivity index (χ1n) is 7.60. The largest absolute Gasteiger partial charge is 0.484 e. The molecule has 7 heteroatoms. The predicted molar refractivity (Wildman–Crippen MR) is 83.2 cm³/mol. The molecule has 118 valence electrons. The van der Waals surface area contributed by atoms with Gasteiger partial charge in [-0.25, -0.2) is 4.39 Å². The lowest BCUT2D eigenvalue weighted by Gasteiger charge is -2.40. The molecule has 3 aromatic rings. The molecule has 1 aromatic carbocycles. The number of hydrogen-bond acceptors (Lipinski definition) is 5. The molecule has 0 amide bonds. The van der Waals surface area contributed by atoms with Crippen molar-refractivity contribution in [2.45, 2.75) is 19.4 Å². The summed E-state index contributed by atoms with van der Waals surface area (Å²) in [5, 5.41) is 12.5. The Morgan fingerprint density at radius 3 is 2.91 bits per heavy atom. The van der Waals surface area contributed by atoms with Crippen molar-refractivity contribution in [3.8, 4) is 5.75 Å². The Hall–Kier alpha value is -2.70. The van der Waals surface area contributed by atoms with Gasteiger partial charge in [0.05, 0.1) is 24.5 Å². The van der Waals surface area contributed by atoms with Gasteiger partial charge in [-0.1, -0.05) is 19.1 Å². The van der Waals surface area contributed by atoms with E-state index in [4.69, 9.17) is 4.74 Å². The minimum absolute atomic E-state index is 0.0342. The van der Waals surface area contributed by atoms with E-state index in [0.717, 1.165) is 23.4 Å². The summed E-state index contributed by atoms with van der Waals surface area (Å²) in [6.45, 7) is 3.43. The van der Waals surface area contributed by atoms with Crippen molar-refractivity contribution in [1.29, 1.82) is 0 Å². The summed E-state index contributed by atoms with van der Waals surface area (Å²) in [7, 11) is 0. The van der Waals surface area contributed by atoms with Crippen molar-refractivity contribution in [1.82, 2.24) is 19.8 Å². The monoisotopic (exact) mass is 313 g/mol. The highest BCUT2D eigenvalue weighted by Crippen LogP contribution is 2.28. The van der Waals surface area contributed by atoms with Crippen LogP contribution in [0, 0.1) is 5.82 Å². The number of rotatable bonds is 4. The van der Waals surface area contributed by atoms with Crippen molar-refractivity contribution in [2.75, 3.05) is 18.0 Å². The normalized spacial score (nSPS) is 15.0. The summed E-state index contributed by atoms with van der Waals surface area (Å²) in [6, 6.07) is 8.51. The molecule has 0 radical (unpaired) electrons. The smallest absolute Gasteiger partial charge is 0.200 e. The molecule has 0 N–H and O–H groups in total. The molecule has 3 heterocycles. The van der Waals surface area contributed by atoms with E-state index in [2.05, 4.69) is 27.1 Å². The second-order valence-electron chi connectivity index (χ2n) is 5.55. The van der Waals surface area contributed by atoms with Crippen LogP contribution in [0.3, 0.4) is 0 Å². The first-order chi connectivity index (χ1) is 11.2. The molecule has 2 aromatic heterocycles. The van der Waals surface area contributed by atoms with Crippen molar-refractivity contribution >= 4 is 11.3 Å². The van der Waals surface area contributed by atoms with Crippen molar-refractivity contribution < 1.29 is 9.13 Å². The van der Waals surface area contributed by atoms with E-state index in [1.807, 2.05) is 6.07 Å². The molecule has 4 rings (SSSR count). The maximum Gasteiger partial charge on any atom is 0.200 e. The second-order valence-corrected chi connectivity index (χ2v) is 5.55. The van der Waals surface area contributed by atoms with Crippen LogP contribution < -0.4 is 9.64 Å². The topological polar surface area (TPSA) is 55.5 Å². The summed E-state index contributed by atoms with van der Waals surface area (Å²) in [5.41, 5.74) is 2.69. The van der Waals surface area contributed by atoms with Gasteiger partial charge in [0.1, 0.15) is 12.4 Å². The van der Waals surface area contributed by atoms with Gasteiger partial charge in [0.15, 0.2) is 11.6 Å². The van der Waals surface area contributed by atoms with Gasteiger partial charge in [0.2, 0.25) is 5.65 Å². The number of nitrogens with zero attached hydrogens (tertiary/aromatic N) is 5. The molecule has 0 atom stereocenters. The van der Waals surface area contributed by atoms with Gasteiger partial charge in [-0.05, 0) is 24.6 Å². The molecule has 1 saturated heterocycles. The second kappa shape index (κ2) is 5.49. The highest BCUT2D eigenvalue weighted by atomic mass is 19.1. The van der Waals surface area contributed by atoms with Gasteiger partial charge in [0.25, 0.3) is 0 Å². The zero-order valence-corrected chi connectivity index (χ0v) is 12.7. The van der Waals surface area contributed by atoms with Crippen molar-refractivity contribution in [2.24, 2.45) is 0 Å². The lowest BCUT2D eigenvalue weighted by molar-refractivity contribution is 0.160. The third kappa shape index (κ3) is 2.48. The van der Waals surface area contributed by atoms with Gasteiger partial charge < -0.3 is 9.64 Å². The molecular weight excluding hydrogens is 297 g/mol. The molecule has 0 spiro atoms. The van der Waals surface area contributed by atoms with E-state index in [9.17, 15) is 4.39 Å². The van der Waals surface area contributed by atoms with Crippen LogP contribution >= 0.6 is 0 Å². The van der Waals surface area contributed by atoms with E-state index in [-0.39, 0.29) is 11.9 Å². The SMILES string of the molecule is CCc1cc(N2CC(Oc3ccccc3F)C2)c2nncn2n1. The molecule has 1 fully saturated rings. The fourth-order valence-corrected chi connectivity index (χ4v) is 2.70. The van der Waals surface area contributed by atoms with Crippen molar-refractivity contribution in [3.05, 3.63) is 48.2 Å². The lowest BCUT2D eigenvalue weighted by Crippen LogP contribution is -2.54. The molecule has 0 aliphatic carbocycles. The van der Waals surface area contributed by atoms with Crippen LogP contribution in [0.2, 0.25) is 0 Å². The van der Waals surface area contributed by atoms with E-state index in [1.165, 1.54) is 6.07 Å². The maximum atomic E-state index is 13.6. The van der Waals surface area contributed by atoms with Gasteiger partial charge in [-0.2, -0.15) is 9.61 Å². The molecular formula is C16H16FN5O. The predicted octanol–water partition coefficient (Wildman–Crippen LogP) is 2.09. The Morgan fingerprint density at radius 1 is 1.30 bits per heavy atom. The van der Waals surface area contributed by atoms with Crippen LogP contribution in [0.4, 0.5) is 10.1 Å². The number of benzene rings is 1. The third-order valence-electron chi connectivity index (χ3n) is 3.98. The average molecular weight is 313 g/mol. The average Bonchev–Trinajstić information content (AvgIpc) is 2.99. The Labute approximate surface area is 132 Å². The molecule has 0 bridgehead atoms.